The van der Waals surface area contributed by atoms with E-state index in [9.17, 15) is 4.79 Å². The number of hydrogen-bond acceptors (Lipinski definition) is 4. The smallest absolute Gasteiger partial charge is 0.337 e. The molecule has 0 unspecified atom stereocenters. The second-order valence-corrected chi connectivity index (χ2v) is 5.15. The molecule has 18 heavy (non-hydrogen) atoms. The lowest BCUT2D eigenvalue weighted by atomic mass is 10.1. The fraction of sp³-hybridized carbons (Fsp3) is 0.286. The molecule has 3 nitrogen and oxygen atoms in total. The van der Waals surface area contributed by atoms with Crippen LogP contribution in [0.15, 0.2) is 24.3 Å². The van der Waals surface area contributed by atoms with E-state index in [1.54, 1.807) is 17.4 Å². The number of methoxy groups -OCH3 is 1. The number of nitrogens with zero attached hydrogens (tertiary/aromatic N) is 1. The quantitative estimate of drug-likeness (QED) is 0.794. The molecular formula is C14H15NO2S. The predicted molar refractivity (Wildman–Crippen MR) is 73.0 cm³/mol. The van der Waals surface area contributed by atoms with Gasteiger partial charge in [-0.25, -0.2) is 9.78 Å². The minimum atomic E-state index is -0.319. The van der Waals surface area contributed by atoms with Crippen molar-refractivity contribution in [3.63, 3.8) is 0 Å². The number of aryl methyl sites for hydroxylation is 2. The van der Waals surface area contributed by atoms with Crippen LogP contribution in [0.25, 0.3) is 10.6 Å². The van der Waals surface area contributed by atoms with E-state index in [2.05, 4.69) is 18.8 Å². The molecule has 2 aromatic rings. The van der Waals surface area contributed by atoms with Gasteiger partial charge in [0.2, 0.25) is 0 Å². The van der Waals surface area contributed by atoms with Gasteiger partial charge in [0.1, 0.15) is 5.01 Å². The highest BCUT2D eigenvalue weighted by Gasteiger charge is 2.11. The summed E-state index contributed by atoms with van der Waals surface area (Å²) in [7, 11) is 1.39. The first kappa shape index (κ1) is 12.8. The molecule has 4 heteroatoms. The van der Waals surface area contributed by atoms with Crippen LogP contribution >= 0.6 is 11.3 Å². The van der Waals surface area contributed by atoms with Crippen LogP contribution in [0.4, 0.5) is 0 Å². The van der Waals surface area contributed by atoms with Crippen LogP contribution in [0.5, 0.6) is 0 Å². The maximum absolute atomic E-state index is 11.5. The van der Waals surface area contributed by atoms with Gasteiger partial charge in [-0.05, 0) is 25.5 Å². The molecule has 0 saturated heterocycles. The van der Waals surface area contributed by atoms with Gasteiger partial charge in [0, 0.05) is 10.4 Å². The number of carbonyl (C=O) groups excluding carboxylic acids is 1. The number of rotatable bonds is 3. The van der Waals surface area contributed by atoms with Crippen LogP contribution in [0.2, 0.25) is 0 Å². The van der Waals surface area contributed by atoms with Crippen molar-refractivity contribution < 1.29 is 9.53 Å². The second-order valence-electron chi connectivity index (χ2n) is 3.95. The Bertz CT molecular complexity index is 575. The molecular weight excluding hydrogens is 246 g/mol. The first-order valence-electron chi connectivity index (χ1n) is 5.80. The van der Waals surface area contributed by atoms with Gasteiger partial charge in [-0.15, -0.1) is 11.3 Å². The third-order valence-corrected chi connectivity index (χ3v) is 3.82. The van der Waals surface area contributed by atoms with Gasteiger partial charge < -0.3 is 4.74 Å². The molecule has 0 aliphatic carbocycles. The molecule has 0 fully saturated rings. The third kappa shape index (κ3) is 2.43. The second kappa shape index (κ2) is 5.31. The first-order chi connectivity index (χ1) is 8.65. The van der Waals surface area contributed by atoms with Crippen LogP contribution in [-0.2, 0) is 11.2 Å². The van der Waals surface area contributed by atoms with Crippen molar-refractivity contribution in [1.82, 2.24) is 4.98 Å². The molecule has 1 aromatic heterocycles. The summed E-state index contributed by atoms with van der Waals surface area (Å²) in [6.45, 7) is 4.17. The van der Waals surface area contributed by atoms with Gasteiger partial charge in [0.15, 0.2) is 0 Å². The highest BCUT2D eigenvalue weighted by molar-refractivity contribution is 7.15. The number of ether oxygens (including phenoxy) is 1. The molecule has 94 valence electrons. The Balaban J connectivity index is 2.41. The first-order valence-corrected chi connectivity index (χ1v) is 6.62. The van der Waals surface area contributed by atoms with Crippen LogP contribution < -0.4 is 0 Å². The van der Waals surface area contributed by atoms with Crippen LogP contribution in [-0.4, -0.2) is 18.1 Å². The summed E-state index contributed by atoms with van der Waals surface area (Å²) in [4.78, 5) is 17.3. The fourth-order valence-electron chi connectivity index (χ4n) is 1.78. The molecule has 0 N–H and O–H groups in total. The highest BCUT2D eigenvalue weighted by atomic mass is 32.1. The molecule has 0 amide bonds. The lowest BCUT2D eigenvalue weighted by Crippen LogP contribution is -2.00. The fourth-order valence-corrected chi connectivity index (χ4v) is 2.78. The largest absolute Gasteiger partial charge is 0.465 e. The molecule has 0 aliphatic rings. The zero-order chi connectivity index (χ0) is 13.1. The zero-order valence-electron chi connectivity index (χ0n) is 10.7. The van der Waals surface area contributed by atoms with Crippen molar-refractivity contribution in [3.8, 4) is 10.6 Å². The maximum atomic E-state index is 11.5. The Kier molecular flexibility index (Phi) is 3.77. The van der Waals surface area contributed by atoms with Crippen molar-refractivity contribution in [2.24, 2.45) is 0 Å². The summed E-state index contributed by atoms with van der Waals surface area (Å²) >= 11 is 1.66. The SMILES string of the molecule is CCc1nc(-c2cccc(C(=O)OC)c2)sc1C. The molecule has 0 atom stereocenters. The van der Waals surface area contributed by atoms with Gasteiger partial charge in [-0.1, -0.05) is 19.1 Å². The Morgan fingerprint density at radius 3 is 2.83 bits per heavy atom. The number of esters is 1. The number of aromatic nitrogens is 1. The summed E-state index contributed by atoms with van der Waals surface area (Å²) in [5.74, 6) is -0.319. The van der Waals surface area contributed by atoms with Gasteiger partial charge >= 0.3 is 5.97 Å². The van der Waals surface area contributed by atoms with Crippen molar-refractivity contribution in [1.29, 1.82) is 0 Å². The monoisotopic (exact) mass is 261 g/mol. The van der Waals surface area contributed by atoms with Crippen LogP contribution in [0, 0.1) is 6.92 Å². The van der Waals surface area contributed by atoms with E-state index < -0.39 is 0 Å². The average Bonchev–Trinajstić information content (AvgIpc) is 2.79. The molecule has 0 saturated carbocycles. The summed E-state index contributed by atoms with van der Waals surface area (Å²) in [6, 6.07) is 7.38. The van der Waals surface area contributed by atoms with E-state index in [1.807, 2.05) is 18.2 Å². The molecule has 0 aliphatic heterocycles. The topological polar surface area (TPSA) is 39.2 Å². The van der Waals surface area contributed by atoms with Gasteiger partial charge in [-0.2, -0.15) is 0 Å². The summed E-state index contributed by atoms with van der Waals surface area (Å²) in [5, 5.41) is 0.954. The molecule has 0 spiro atoms. The normalized spacial score (nSPS) is 10.4. The number of benzene rings is 1. The van der Waals surface area contributed by atoms with Crippen LogP contribution in [0.1, 0.15) is 27.9 Å². The molecule has 1 heterocycles. The molecule has 2 rings (SSSR count). The molecule has 0 radical (unpaired) electrons. The lowest BCUT2D eigenvalue weighted by Gasteiger charge is -2.01. The maximum Gasteiger partial charge on any atom is 0.337 e. The van der Waals surface area contributed by atoms with Crippen molar-refractivity contribution in [3.05, 3.63) is 40.4 Å². The van der Waals surface area contributed by atoms with Crippen LogP contribution in [0.3, 0.4) is 0 Å². The number of carbonyl (C=O) groups is 1. The number of thiazole rings is 1. The van der Waals surface area contributed by atoms with Crippen molar-refractivity contribution in [2.75, 3.05) is 7.11 Å². The third-order valence-electron chi connectivity index (χ3n) is 2.76. The molecule has 0 bridgehead atoms. The van der Waals surface area contributed by atoms with E-state index in [0.717, 1.165) is 22.7 Å². The minimum absolute atomic E-state index is 0.319. The van der Waals surface area contributed by atoms with E-state index >= 15 is 0 Å². The van der Waals surface area contributed by atoms with E-state index in [4.69, 9.17) is 4.74 Å². The number of hydrogen-bond donors (Lipinski definition) is 0. The van der Waals surface area contributed by atoms with Gasteiger partial charge in [0.25, 0.3) is 0 Å². The summed E-state index contributed by atoms with van der Waals surface area (Å²) in [6.07, 6.45) is 0.930. The standard InChI is InChI=1S/C14H15NO2S/c1-4-12-9(2)18-13(15-12)10-6-5-7-11(8-10)14(16)17-3/h5-8H,4H2,1-3H3. The van der Waals surface area contributed by atoms with Crippen molar-refractivity contribution >= 4 is 17.3 Å². The van der Waals surface area contributed by atoms with E-state index in [-0.39, 0.29) is 5.97 Å². The lowest BCUT2D eigenvalue weighted by molar-refractivity contribution is 0.0601. The van der Waals surface area contributed by atoms with Gasteiger partial charge in [0.05, 0.1) is 18.4 Å². The molecule has 1 aromatic carbocycles. The summed E-state index contributed by atoms with van der Waals surface area (Å²) in [5.41, 5.74) is 2.64. The highest BCUT2D eigenvalue weighted by Crippen LogP contribution is 2.28. The Morgan fingerprint density at radius 1 is 1.44 bits per heavy atom. The summed E-state index contributed by atoms with van der Waals surface area (Å²) < 4.78 is 4.72. The van der Waals surface area contributed by atoms with E-state index in [0.29, 0.717) is 5.56 Å². The Hall–Kier alpha value is -1.68. The van der Waals surface area contributed by atoms with E-state index in [1.165, 1.54) is 12.0 Å². The predicted octanol–water partition coefficient (Wildman–Crippen LogP) is 3.47. The Labute approximate surface area is 110 Å². The average molecular weight is 261 g/mol. The van der Waals surface area contributed by atoms with Gasteiger partial charge in [-0.3, -0.25) is 0 Å². The minimum Gasteiger partial charge on any atom is -0.465 e. The zero-order valence-corrected chi connectivity index (χ0v) is 11.5. The Morgan fingerprint density at radius 2 is 2.22 bits per heavy atom. The van der Waals surface area contributed by atoms with Crippen molar-refractivity contribution in [2.45, 2.75) is 20.3 Å².